The molecule has 1 aliphatic carbocycles. The SMILES string of the molecule is CCn1nc(CN(CCN)C2CCC2)c2ccccc21. The molecule has 0 bridgehead atoms. The summed E-state index contributed by atoms with van der Waals surface area (Å²) in [4.78, 5) is 2.51. The number of fused-ring (bicyclic) bond motifs is 1. The summed E-state index contributed by atoms with van der Waals surface area (Å²) in [5.41, 5.74) is 8.22. The molecular weight excluding hydrogens is 248 g/mol. The van der Waals surface area contributed by atoms with E-state index in [2.05, 4.69) is 40.8 Å². The highest BCUT2D eigenvalue weighted by molar-refractivity contribution is 5.81. The summed E-state index contributed by atoms with van der Waals surface area (Å²) < 4.78 is 2.10. The van der Waals surface area contributed by atoms with Crippen LogP contribution in [-0.2, 0) is 13.1 Å². The maximum Gasteiger partial charge on any atom is 0.0843 e. The number of benzene rings is 1. The molecule has 0 unspecified atom stereocenters. The molecular formula is C16H24N4. The van der Waals surface area contributed by atoms with Crippen LogP contribution in [0.15, 0.2) is 24.3 Å². The first kappa shape index (κ1) is 13.6. The molecule has 0 spiro atoms. The minimum Gasteiger partial charge on any atom is -0.329 e. The lowest BCUT2D eigenvalue weighted by molar-refractivity contribution is 0.122. The van der Waals surface area contributed by atoms with Crippen LogP contribution in [0.5, 0.6) is 0 Å². The van der Waals surface area contributed by atoms with Gasteiger partial charge in [-0.25, -0.2) is 0 Å². The lowest BCUT2D eigenvalue weighted by Crippen LogP contribution is -2.42. The van der Waals surface area contributed by atoms with Gasteiger partial charge < -0.3 is 5.73 Å². The third-order valence-corrected chi connectivity index (χ3v) is 4.39. The van der Waals surface area contributed by atoms with Crippen molar-refractivity contribution < 1.29 is 0 Å². The number of aromatic nitrogens is 2. The topological polar surface area (TPSA) is 47.1 Å². The first-order valence-corrected chi connectivity index (χ1v) is 7.72. The molecule has 1 heterocycles. The Hall–Kier alpha value is -1.39. The fourth-order valence-corrected chi connectivity index (χ4v) is 3.05. The van der Waals surface area contributed by atoms with E-state index in [1.165, 1.54) is 35.9 Å². The van der Waals surface area contributed by atoms with Gasteiger partial charge in [-0.3, -0.25) is 9.58 Å². The van der Waals surface area contributed by atoms with Crippen molar-refractivity contribution in [2.75, 3.05) is 13.1 Å². The summed E-state index contributed by atoms with van der Waals surface area (Å²) in [5.74, 6) is 0. The van der Waals surface area contributed by atoms with Crippen LogP contribution in [0.25, 0.3) is 10.9 Å². The lowest BCUT2D eigenvalue weighted by Gasteiger charge is -2.37. The van der Waals surface area contributed by atoms with Crippen molar-refractivity contribution in [3.63, 3.8) is 0 Å². The number of para-hydroxylation sites is 1. The predicted molar refractivity (Wildman–Crippen MR) is 82.5 cm³/mol. The first-order chi connectivity index (χ1) is 9.83. The van der Waals surface area contributed by atoms with E-state index < -0.39 is 0 Å². The third kappa shape index (κ3) is 2.45. The van der Waals surface area contributed by atoms with Crippen molar-refractivity contribution in [2.24, 2.45) is 5.73 Å². The van der Waals surface area contributed by atoms with Crippen molar-refractivity contribution in [1.82, 2.24) is 14.7 Å². The zero-order chi connectivity index (χ0) is 13.9. The van der Waals surface area contributed by atoms with Gasteiger partial charge in [-0.2, -0.15) is 5.10 Å². The summed E-state index contributed by atoms with van der Waals surface area (Å²) in [5, 5.41) is 6.09. The first-order valence-electron chi connectivity index (χ1n) is 7.72. The van der Waals surface area contributed by atoms with Gasteiger partial charge in [0.05, 0.1) is 11.2 Å². The maximum absolute atomic E-state index is 5.78. The van der Waals surface area contributed by atoms with Gasteiger partial charge in [0.2, 0.25) is 0 Å². The summed E-state index contributed by atoms with van der Waals surface area (Å²) in [6.07, 6.45) is 3.98. The fraction of sp³-hybridized carbons (Fsp3) is 0.562. The number of aryl methyl sites for hydroxylation is 1. The van der Waals surface area contributed by atoms with Gasteiger partial charge in [-0.05, 0) is 25.8 Å². The minimum atomic E-state index is 0.712. The number of nitrogens with zero attached hydrogens (tertiary/aromatic N) is 3. The molecule has 1 aliphatic rings. The normalized spacial score (nSPS) is 15.9. The molecule has 2 N–H and O–H groups in total. The zero-order valence-corrected chi connectivity index (χ0v) is 12.3. The number of hydrogen-bond acceptors (Lipinski definition) is 3. The highest BCUT2D eigenvalue weighted by Gasteiger charge is 2.25. The number of hydrogen-bond donors (Lipinski definition) is 1. The van der Waals surface area contributed by atoms with Crippen LogP contribution < -0.4 is 5.73 Å². The van der Waals surface area contributed by atoms with E-state index in [9.17, 15) is 0 Å². The van der Waals surface area contributed by atoms with Crippen LogP contribution in [0.2, 0.25) is 0 Å². The highest BCUT2D eigenvalue weighted by Crippen LogP contribution is 2.27. The fourth-order valence-electron chi connectivity index (χ4n) is 3.05. The van der Waals surface area contributed by atoms with Gasteiger partial charge in [0.25, 0.3) is 0 Å². The van der Waals surface area contributed by atoms with Crippen molar-refractivity contribution in [1.29, 1.82) is 0 Å². The van der Waals surface area contributed by atoms with E-state index in [4.69, 9.17) is 10.8 Å². The monoisotopic (exact) mass is 272 g/mol. The van der Waals surface area contributed by atoms with Crippen molar-refractivity contribution in [2.45, 2.75) is 45.3 Å². The number of rotatable bonds is 6. The summed E-state index contributed by atoms with van der Waals surface area (Å²) in [7, 11) is 0. The molecule has 3 rings (SSSR count). The average Bonchev–Trinajstić information content (AvgIpc) is 2.76. The van der Waals surface area contributed by atoms with Crippen molar-refractivity contribution >= 4 is 10.9 Å². The maximum atomic E-state index is 5.78. The minimum absolute atomic E-state index is 0.712. The Balaban J connectivity index is 1.88. The van der Waals surface area contributed by atoms with E-state index in [-0.39, 0.29) is 0 Å². The second kappa shape index (κ2) is 5.94. The summed E-state index contributed by atoms with van der Waals surface area (Å²) >= 11 is 0. The average molecular weight is 272 g/mol. The Bertz CT molecular complexity index is 571. The molecule has 108 valence electrons. The molecule has 0 atom stereocenters. The largest absolute Gasteiger partial charge is 0.329 e. The molecule has 0 saturated heterocycles. The van der Waals surface area contributed by atoms with Gasteiger partial charge >= 0.3 is 0 Å². The molecule has 4 heteroatoms. The molecule has 1 aromatic heterocycles. The van der Waals surface area contributed by atoms with Crippen LogP contribution >= 0.6 is 0 Å². The van der Waals surface area contributed by atoms with Gasteiger partial charge in [-0.15, -0.1) is 0 Å². The van der Waals surface area contributed by atoms with E-state index >= 15 is 0 Å². The lowest BCUT2D eigenvalue weighted by atomic mass is 9.91. The second-order valence-electron chi connectivity index (χ2n) is 5.62. The van der Waals surface area contributed by atoms with E-state index in [0.717, 1.165) is 26.2 Å². The van der Waals surface area contributed by atoms with E-state index in [1.54, 1.807) is 0 Å². The Morgan fingerprint density at radius 2 is 2.15 bits per heavy atom. The molecule has 0 amide bonds. The Morgan fingerprint density at radius 1 is 1.35 bits per heavy atom. The highest BCUT2D eigenvalue weighted by atomic mass is 15.3. The predicted octanol–water partition coefficient (Wildman–Crippen LogP) is 2.37. The summed E-state index contributed by atoms with van der Waals surface area (Å²) in [6, 6.07) is 9.24. The quantitative estimate of drug-likeness (QED) is 0.878. The van der Waals surface area contributed by atoms with Gasteiger partial charge in [0.1, 0.15) is 0 Å². The molecule has 2 aromatic rings. The summed E-state index contributed by atoms with van der Waals surface area (Å²) in [6.45, 7) is 5.68. The Labute approximate surface area is 120 Å². The van der Waals surface area contributed by atoms with Crippen molar-refractivity contribution in [3.8, 4) is 0 Å². The van der Waals surface area contributed by atoms with Crippen LogP contribution in [0.4, 0.5) is 0 Å². The van der Waals surface area contributed by atoms with Gasteiger partial charge in [0.15, 0.2) is 0 Å². The Kier molecular flexibility index (Phi) is 4.03. The van der Waals surface area contributed by atoms with E-state index in [1.807, 2.05) is 0 Å². The van der Waals surface area contributed by atoms with Gasteiger partial charge in [-0.1, -0.05) is 24.6 Å². The molecule has 1 aromatic carbocycles. The number of nitrogens with two attached hydrogens (primary N) is 1. The second-order valence-corrected chi connectivity index (χ2v) is 5.62. The Morgan fingerprint density at radius 3 is 2.80 bits per heavy atom. The third-order valence-electron chi connectivity index (χ3n) is 4.39. The molecule has 1 saturated carbocycles. The van der Waals surface area contributed by atoms with E-state index in [0.29, 0.717) is 6.04 Å². The molecule has 4 nitrogen and oxygen atoms in total. The van der Waals surface area contributed by atoms with Gasteiger partial charge in [0, 0.05) is 37.6 Å². The molecule has 0 radical (unpaired) electrons. The van der Waals surface area contributed by atoms with Crippen molar-refractivity contribution in [3.05, 3.63) is 30.0 Å². The van der Waals surface area contributed by atoms with Crippen LogP contribution in [0.3, 0.4) is 0 Å². The molecule has 1 fully saturated rings. The molecule has 20 heavy (non-hydrogen) atoms. The standard InChI is InChI=1S/C16H24N4/c1-2-20-16-9-4-3-8-14(16)15(18-20)12-19(11-10-17)13-6-5-7-13/h3-4,8-9,13H,2,5-7,10-12,17H2,1H3. The molecule has 0 aliphatic heterocycles. The van der Waals surface area contributed by atoms with Crippen LogP contribution in [-0.4, -0.2) is 33.8 Å². The zero-order valence-electron chi connectivity index (χ0n) is 12.3. The smallest absolute Gasteiger partial charge is 0.0843 e. The van der Waals surface area contributed by atoms with Crippen LogP contribution in [0, 0.1) is 0 Å². The van der Waals surface area contributed by atoms with Crippen LogP contribution in [0.1, 0.15) is 31.9 Å².